The van der Waals surface area contributed by atoms with E-state index in [4.69, 9.17) is 10.5 Å². The summed E-state index contributed by atoms with van der Waals surface area (Å²) in [6.07, 6.45) is 8.19. The lowest BCUT2D eigenvalue weighted by molar-refractivity contribution is 0.0694. The van der Waals surface area contributed by atoms with Gasteiger partial charge in [0.2, 0.25) is 0 Å². The van der Waals surface area contributed by atoms with Crippen molar-refractivity contribution >= 4 is 11.6 Å². The third-order valence-electron chi connectivity index (χ3n) is 7.30. The summed E-state index contributed by atoms with van der Waals surface area (Å²) in [5.74, 6) is 1.74. The summed E-state index contributed by atoms with van der Waals surface area (Å²) >= 11 is 0. The molecule has 5 rings (SSSR count). The van der Waals surface area contributed by atoms with E-state index in [0.717, 1.165) is 36.3 Å². The SMILES string of the molecule is Nc1ccc(C(=O)N[C@H]2CC[C@H](N3CCN(CC4CC4)CC3)CC2)c2c1OCC2. The number of anilines is 1. The maximum absolute atomic E-state index is 12.9. The topological polar surface area (TPSA) is 70.8 Å². The fourth-order valence-electron chi connectivity index (χ4n) is 5.36. The number of hydrogen-bond acceptors (Lipinski definition) is 5. The number of rotatable bonds is 5. The third kappa shape index (κ3) is 4.24. The van der Waals surface area contributed by atoms with E-state index in [9.17, 15) is 4.79 Å². The van der Waals surface area contributed by atoms with Crippen LogP contribution in [0, 0.1) is 5.92 Å². The van der Waals surface area contributed by atoms with Crippen molar-refractivity contribution in [3.05, 3.63) is 23.3 Å². The van der Waals surface area contributed by atoms with Gasteiger partial charge in [-0.3, -0.25) is 9.69 Å². The van der Waals surface area contributed by atoms with Crippen LogP contribution in [0.5, 0.6) is 5.75 Å². The largest absolute Gasteiger partial charge is 0.491 e. The van der Waals surface area contributed by atoms with Crippen LogP contribution in [-0.4, -0.2) is 67.1 Å². The molecule has 0 bridgehead atoms. The van der Waals surface area contributed by atoms with Gasteiger partial charge < -0.3 is 20.7 Å². The fraction of sp³-hybridized carbons (Fsp3) is 0.696. The molecular formula is C23H34N4O2. The van der Waals surface area contributed by atoms with Gasteiger partial charge >= 0.3 is 0 Å². The van der Waals surface area contributed by atoms with Crippen LogP contribution in [0.25, 0.3) is 0 Å². The Kier molecular flexibility index (Phi) is 5.39. The van der Waals surface area contributed by atoms with Crippen LogP contribution in [0.2, 0.25) is 0 Å². The van der Waals surface area contributed by atoms with Crippen LogP contribution in [0.3, 0.4) is 0 Å². The number of carbonyl (C=O) groups excluding carboxylic acids is 1. The van der Waals surface area contributed by atoms with Gasteiger partial charge in [-0.05, 0) is 56.6 Å². The summed E-state index contributed by atoms with van der Waals surface area (Å²) in [6.45, 7) is 6.84. The maximum Gasteiger partial charge on any atom is 0.251 e. The highest BCUT2D eigenvalue weighted by Crippen LogP contribution is 2.35. The molecule has 29 heavy (non-hydrogen) atoms. The minimum absolute atomic E-state index is 0.0314. The van der Waals surface area contributed by atoms with Crippen LogP contribution in [-0.2, 0) is 6.42 Å². The first-order valence-corrected chi connectivity index (χ1v) is 11.5. The molecule has 0 unspecified atom stereocenters. The van der Waals surface area contributed by atoms with E-state index in [0.29, 0.717) is 24.1 Å². The van der Waals surface area contributed by atoms with Crippen LogP contribution >= 0.6 is 0 Å². The lowest BCUT2D eigenvalue weighted by Crippen LogP contribution is -2.52. The highest BCUT2D eigenvalue weighted by Gasteiger charge is 2.31. The average Bonchev–Trinajstić information content (AvgIpc) is 3.41. The van der Waals surface area contributed by atoms with E-state index in [1.165, 1.54) is 58.4 Å². The average molecular weight is 399 g/mol. The molecule has 1 saturated heterocycles. The van der Waals surface area contributed by atoms with Crippen molar-refractivity contribution in [1.29, 1.82) is 0 Å². The summed E-state index contributed by atoms with van der Waals surface area (Å²) in [5.41, 5.74) is 8.32. The number of ether oxygens (including phenoxy) is 1. The molecule has 1 amide bonds. The van der Waals surface area contributed by atoms with Crippen molar-refractivity contribution in [3.63, 3.8) is 0 Å². The number of carbonyl (C=O) groups is 1. The number of hydrogen-bond donors (Lipinski definition) is 2. The molecule has 3 fully saturated rings. The first-order valence-electron chi connectivity index (χ1n) is 11.5. The van der Waals surface area contributed by atoms with Gasteiger partial charge in [0.1, 0.15) is 5.75 Å². The van der Waals surface area contributed by atoms with Crippen molar-refractivity contribution in [1.82, 2.24) is 15.1 Å². The standard InChI is InChI=1S/C23H34N4O2/c24-21-8-7-20(19-9-14-29-22(19)21)23(28)25-17-3-5-18(6-4-17)27-12-10-26(11-13-27)15-16-1-2-16/h7-8,16-18H,1-6,9-15,24H2,(H,25,28)/t17-,18-. The number of piperazine rings is 1. The highest BCUT2D eigenvalue weighted by atomic mass is 16.5. The zero-order valence-corrected chi connectivity index (χ0v) is 17.4. The maximum atomic E-state index is 12.9. The van der Waals surface area contributed by atoms with Crippen LogP contribution in [0.4, 0.5) is 5.69 Å². The molecule has 0 atom stereocenters. The molecule has 1 aromatic rings. The molecule has 2 heterocycles. The molecule has 1 aromatic carbocycles. The molecular weight excluding hydrogens is 364 g/mol. The second-order valence-electron chi connectivity index (χ2n) is 9.37. The van der Waals surface area contributed by atoms with Gasteiger partial charge in [-0.2, -0.15) is 0 Å². The van der Waals surface area contributed by atoms with Crippen LogP contribution < -0.4 is 15.8 Å². The zero-order valence-electron chi connectivity index (χ0n) is 17.4. The molecule has 0 aromatic heterocycles. The number of nitrogens with zero attached hydrogens (tertiary/aromatic N) is 2. The van der Waals surface area contributed by atoms with Crippen LogP contribution in [0.1, 0.15) is 54.4 Å². The molecule has 4 aliphatic rings. The van der Waals surface area contributed by atoms with Crippen molar-refractivity contribution in [3.8, 4) is 5.75 Å². The number of nitrogen functional groups attached to an aromatic ring is 1. The van der Waals surface area contributed by atoms with Crippen molar-refractivity contribution in [2.24, 2.45) is 5.92 Å². The molecule has 2 aliphatic carbocycles. The van der Waals surface area contributed by atoms with Gasteiger partial charge in [0.15, 0.2) is 0 Å². The summed E-state index contributed by atoms with van der Waals surface area (Å²) in [6, 6.07) is 4.62. The number of amides is 1. The van der Waals surface area contributed by atoms with E-state index in [2.05, 4.69) is 15.1 Å². The van der Waals surface area contributed by atoms with E-state index in [1.54, 1.807) is 6.07 Å². The Bertz CT molecular complexity index is 747. The lowest BCUT2D eigenvalue weighted by atomic mass is 9.89. The smallest absolute Gasteiger partial charge is 0.251 e. The Hall–Kier alpha value is -1.79. The molecule has 2 aliphatic heterocycles. The van der Waals surface area contributed by atoms with Gasteiger partial charge in [0.25, 0.3) is 5.91 Å². The minimum atomic E-state index is 0.0314. The van der Waals surface area contributed by atoms with Crippen molar-refractivity contribution in [2.75, 3.05) is 45.1 Å². The molecule has 158 valence electrons. The van der Waals surface area contributed by atoms with E-state index < -0.39 is 0 Å². The van der Waals surface area contributed by atoms with Crippen molar-refractivity contribution in [2.45, 2.75) is 57.0 Å². The summed E-state index contributed by atoms with van der Waals surface area (Å²) in [7, 11) is 0. The molecule has 6 heteroatoms. The first-order chi connectivity index (χ1) is 14.2. The summed E-state index contributed by atoms with van der Waals surface area (Å²) in [5, 5.41) is 3.28. The van der Waals surface area contributed by atoms with Crippen molar-refractivity contribution < 1.29 is 9.53 Å². The monoisotopic (exact) mass is 398 g/mol. The Morgan fingerprint density at radius 2 is 1.83 bits per heavy atom. The third-order valence-corrected chi connectivity index (χ3v) is 7.30. The summed E-state index contributed by atoms with van der Waals surface area (Å²) < 4.78 is 5.61. The van der Waals surface area contributed by atoms with E-state index >= 15 is 0 Å². The highest BCUT2D eigenvalue weighted by molar-refractivity contribution is 5.97. The number of nitrogens with one attached hydrogen (secondary N) is 1. The predicted molar refractivity (Wildman–Crippen MR) is 114 cm³/mol. The Balaban J connectivity index is 1.10. The fourth-order valence-corrected chi connectivity index (χ4v) is 5.36. The lowest BCUT2D eigenvalue weighted by Gasteiger charge is -2.42. The molecule has 6 nitrogen and oxygen atoms in total. The van der Waals surface area contributed by atoms with E-state index in [-0.39, 0.29) is 11.9 Å². The molecule has 0 radical (unpaired) electrons. The van der Waals surface area contributed by atoms with Gasteiger partial charge in [-0.1, -0.05) is 0 Å². The Morgan fingerprint density at radius 3 is 2.55 bits per heavy atom. The molecule has 2 saturated carbocycles. The first kappa shape index (κ1) is 19.2. The number of nitrogens with two attached hydrogens (primary N) is 1. The second-order valence-corrected chi connectivity index (χ2v) is 9.37. The van der Waals surface area contributed by atoms with Gasteiger partial charge in [-0.15, -0.1) is 0 Å². The second kappa shape index (κ2) is 8.15. The number of fused-ring (bicyclic) bond motifs is 1. The molecule has 0 spiro atoms. The van der Waals surface area contributed by atoms with Gasteiger partial charge in [0, 0.05) is 62.4 Å². The molecule has 3 N–H and O–H groups in total. The van der Waals surface area contributed by atoms with Crippen LogP contribution in [0.15, 0.2) is 12.1 Å². The zero-order chi connectivity index (χ0) is 19.8. The Labute approximate surface area is 173 Å². The predicted octanol–water partition coefficient (Wildman–Crippen LogP) is 2.27. The van der Waals surface area contributed by atoms with Gasteiger partial charge in [-0.25, -0.2) is 0 Å². The minimum Gasteiger partial charge on any atom is -0.491 e. The summed E-state index contributed by atoms with van der Waals surface area (Å²) in [4.78, 5) is 18.2. The quantitative estimate of drug-likeness (QED) is 0.745. The van der Waals surface area contributed by atoms with Gasteiger partial charge in [0.05, 0.1) is 12.3 Å². The number of benzene rings is 1. The Morgan fingerprint density at radius 1 is 1.07 bits per heavy atom. The van der Waals surface area contributed by atoms with E-state index in [1.807, 2.05) is 6.07 Å². The normalized spacial score (nSPS) is 28.0.